The van der Waals surface area contributed by atoms with Crippen LogP contribution in [0.4, 0.5) is 4.39 Å². The third-order valence-electron chi connectivity index (χ3n) is 1.81. The number of carbonyl (C=O) groups is 1. The highest BCUT2D eigenvalue weighted by atomic mass is 35.5. The number of amides is 1. The number of rotatable bonds is 3. The summed E-state index contributed by atoms with van der Waals surface area (Å²) in [5.74, 6) is -0.326. The van der Waals surface area contributed by atoms with Crippen molar-refractivity contribution >= 4 is 17.5 Å². The lowest BCUT2D eigenvalue weighted by Crippen LogP contribution is -2.25. The Balaban J connectivity index is 2.76. The lowest BCUT2D eigenvalue weighted by Gasteiger charge is -2.03. The maximum absolute atomic E-state index is 13.1. The molecule has 0 aliphatic rings. The van der Waals surface area contributed by atoms with Gasteiger partial charge in [0.15, 0.2) is 0 Å². The summed E-state index contributed by atoms with van der Waals surface area (Å²) in [6, 6.07) is 4.38. The molecule has 1 aromatic carbocycles. The maximum Gasteiger partial charge on any atom is 0.251 e. The van der Waals surface area contributed by atoms with Gasteiger partial charge in [0.1, 0.15) is 5.82 Å². The summed E-state index contributed by atoms with van der Waals surface area (Å²) in [6.07, 6.45) is 0. The summed E-state index contributed by atoms with van der Waals surface area (Å²) in [5, 5.41) is 2.56. The number of carbonyl (C=O) groups excluding carboxylic acids is 1. The van der Waals surface area contributed by atoms with Crippen molar-refractivity contribution in [3.63, 3.8) is 0 Å². The Morgan fingerprint density at radius 1 is 1.57 bits per heavy atom. The van der Waals surface area contributed by atoms with E-state index in [-0.39, 0.29) is 11.7 Å². The molecule has 2 nitrogen and oxygen atoms in total. The number of hydrogen-bond acceptors (Lipinski definition) is 1. The normalized spacial score (nSPS) is 9.93. The zero-order valence-electron chi connectivity index (χ0n) is 7.81. The molecular weight excluding hydrogens is 205 g/mol. The molecule has 1 rings (SSSR count). The molecule has 0 aliphatic heterocycles. The first-order valence-electron chi connectivity index (χ1n) is 4.25. The third-order valence-corrected chi connectivity index (χ3v) is 2.00. The van der Waals surface area contributed by atoms with Gasteiger partial charge < -0.3 is 5.32 Å². The summed E-state index contributed by atoms with van der Waals surface area (Å²) in [6.45, 7) is 2.03. The Morgan fingerprint density at radius 2 is 2.29 bits per heavy atom. The van der Waals surface area contributed by atoms with Gasteiger partial charge in [0, 0.05) is 18.0 Å². The van der Waals surface area contributed by atoms with Gasteiger partial charge in [0.05, 0.1) is 0 Å². The number of alkyl halides is 1. The number of aryl methyl sites for hydroxylation is 1. The van der Waals surface area contributed by atoms with Crippen molar-refractivity contribution in [1.82, 2.24) is 5.32 Å². The molecule has 0 aliphatic carbocycles. The van der Waals surface area contributed by atoms with Crippen molar-refractivity contribution in [2.75, 3.05) is 12.4 Å². The Labute approximate surface area is 87.1 Å². The van der Waals surface area contributed by atoms with E-state index in [1.807, 2.05) is 0 Å². The van der Waals surface area contributed by atoms with Crippen LogP contribution in [0.25, 0.3) is 0 Å². The van der Waals surface area contributed by atoms with E-state index in [4.69, 9.17) is 11.6 Å². The third kappa shape index (κ3) is 2.70. The van der Waals surface area contributed by atoms with E-state index >= 15 is 0 Å². The van der Waals surface area contributed by atoms with Crippen LogP contribution in [-0.4, -0.2) is 18.3 Å². The van der Waals surface area contributed by atoms with Crippen molar-refractivity contribution in [2.45, 2.75) is 6.92 Å². The molecule has 0 bridgehead atoms. The van der Waals surface area contributed by atoms with Gasteiger partial charge in [-0.25, -0.2) is 4.39 Å². The van der Waals surface area contributed by atoms with E-state index in [9.17, 15) is 9.18 Å². The highest BCUT2D eigenvalue weighted by molar-refractivity contribution is 6.18. The van der Waals surface area contributed by atoms with E-state index in [1.54, 1.807) is 19.1 Å². The smallest absolute Gasteiger partial charge is 0.251 e. The molecule has 1 amide bonds. The van der Waals surface area contributed by atoms with Gasteiger partial charge in [0.2, 0.25) is 0 Å². The minimum absolute atomic E-state index is 0.301. The number of halogens is 2. The minimum atomic E-state index is -0.372. The van der Waals surface area contributed by atoms with E-state index < -0.39 is 0 Å². The first-order chi connectivity index (χ1) is 6.65. The molecule has 0 heterocycles. The fourth-order valence-electron chi connectivity index (χ4n) is 0.997. The lowest BCUT2D eigenvalue weighted by molar-refractivity contribution is 0.0955. The SMILES string of the molecule is Cc1ccc(C(=O)NCCCl)cc1F. The standard InChI is InChI=1S/C10H11ClFNO/c1-7-2-3-8(6-9(7)12)10(14)13-5-4-11/h2-3,6H,4-5H2,1H3,(H,13,14). The Morgan fingerprint density at radius 3 is 2.86 bits per heavy atom. The largest absolute Gasteiger partial charge is 0.351 e. The first-order valence-corrected chi connectivity index (χ1v) is 4.79. The number of nitrogens with one attached hydrogen (secondary N) is 1. The molecule has 0 unspecified atom stereocenters. The fourth-order valence-corrected chi connectivity index (χ4v) is 1.09. The van der Waals surface area contributed by atoms with Crippen molar-refractivity contribution < 1.29 is 9.18 Å². The Bertz CT molecular complexity index is 341. The summed E-state index contributed by atoms with van der Waals surface area (Å²) in [5.41, 5.74) is 0.845. The summed E-state index contributed by atoms with van der Waals surface area (Å²) in [4.78, 5) is 11.3. The van der Waals surface area contributed by atoms with Gasteiger partial charge in [-0.15, -0.1) is 11.6 Å². The van der Waals surface area contributed by atoms with Crippen LogP contribution in [0.1, 0.15) is 15.9 Å². The first kappa shape index (κ1) is 11.0. The molecule has 76 valence electrons. The van der Waals surface area contributed by atoms with E-state index in [0.29, 0.717) is 23.6 Å². The lowest BCUT2D eigenvalue weighted by atomic mass is 10.1. The second-order valence-corrected chi connectivity index (χ2v) is 3.29. The minimum Gasteiger partial charge on any atom is -0.351 e. The molecule has 14 heavy (non-hydrogen) atoms. The van der Waals surface area contributed by atoms with Crippen molar-refractivity contribution in [3.8, 4) is 0 Å². The molecule has 1 N–H and O–H groups in total. The van der Waals surface area contributed by atoms with Gasteiger partial charge in [-0.2, -0.15) is 0 Å². The second kappa shape index (κ2) is 4.96. The molecule has 4 heteroatoms. The molecule has 0 aromatic heterocycles. The molecule has 0 atom stereocenters. The molecule has 0 saturated heterocycles. The molecule has 0 saturated carbocycles. The molecule has 0 radical (unpaired) electrons. The van der Waals surface area contributed by atoms with Crippen LogP contribution in [0.3, 0.4) is 0 Å². The summed E-state index contributed by atoms with van der Waals surface area (Å²) in [7, 11) is 0. The summed E-state index contributed by atoms with van der Waals surface area (Å²) < 4.78 is 13.1. The van der Waals surface area contributed by atoms with Crippen LogP contribution in [-0.2, 0) is 0 Å². The van der Waals surface area contributed by atoms with E-state index in [2.05, 4.69) is 5.32 Å². The van der Waals surface area contributed by atoms with Gasteiger partial charge in [-0.1, -0.05) is 6.07 Å². The van der Waals surface area contributed by atoms with Crippen LogP contribution in [0.5, 0.6) is 0 Å². The zero-order valence-corrected chi connectivity index (χ0v) is 8.57. The summed E-state index contributed by atoms with van der Waals surface area (Å²) >= 11 is 5.40. The van der Waals surface area contributed by atoms with Crippen LogP contribution < -0.4 is 5.32 Å². The second-order valence-electron chi connectivity index (χ2n) is 2.91. The molecule has 0 spiro atoms. The van der Waals surface area contributed by atoms with Crippen molar-refractivity contribution in [1.29, 1.82) is 0 Å². The average Bonchev–Trinajstić information content (AvgIpc) is 2.18. The van der Waals surface area contributed by atoms with Gasteiger partial charge in [-0.05, 0) is 24.6 Å². The average molecular weight is 216 g/mol. The molecule has 1 aromatic rings. The maximum atomic E-state index is 13.1. The van der Waals surface area contributed by atoms with Crippen molar-refractivity contribution in [3.05, 3.63) is 35.1 Å². The molecular formula is C10H11ClFNO. The zero-order chi connectivity index (χ0) is 10.6. The van der Waals surface area contributed by atoms with Crippen LogP contribution in [0.15, 0.2) is 18.2 Å². The number of benzene rings is 1. The van der Waals surface area contributed by atoms with Crippen molar-refractivity contribution in [2.24, 2.45) is 0 Å². The van der Waals surface area contributed by atoms with Gasteiger partial charge in [0.25, 0.3) is 5.91 Å². The predicted octanol–water partition coefficient (Wildman–Crippen LogP) is 2.10. The van der Waals surface area contributed by atoms with Gasteiger partial charge in [-0.3, -0.25) is 4.79 Å². The quantitative estimate of drug-likeness (QED) is 0.769. The van der Waals surface area contributed by atoms with Crippen LogP contribution >= 0.6 is 11.6 Å². The highest BCUT2D eigenvalue weighted by Crippen LogP contribution is 2.08. The monoisotopic (exact) mass is 215 g/mol. The van der Waals surface area contributed by atoms with Crippen LogP contribution in [0, 0.1) is 12.7 Å². The van der Waals surface area contributed by atoms with Gasteiger partial charge >= 0.3 is 0 Å². The topological polar surface area (TPSA) is 29.1 Å². The van der Waals surface area contributed by atoms with E-state index in [0.717, 1.165) is 0 Å². The Hall–Kier alpha value is -1.09. The Kier molecular flexibility index (Phi) is 3.89. The number of hydrogen-bond donors (Lipinski definition) is 1. The van der Waals surface area contributed by atoms with Crippen LogP contribution in [0.2, 0.25) is 0 Å². The van der Waals surface area contributed by atoms with E-state index in [1.165, 1.54) is 6.07 Å². The fraction of sp³-hybridized carbons (Fsp3) is 0.300. The highest BCUT2D eigenvalue weighted by Gasteiger charge is 2.06. The molecule has 0 fully saturated rings. The predicted molar refractivity (Wildman–Crippen MR) is 54.2 cm³/mol.